The Morgan fingerprint density at radius 3 is 2.89 bits per heavy atom. The number of carboxylic acids is 1. The van der Waals surface area contributed by atoms with Gasteiger partial charge in [0.1, 0.15) is 0 Å². The standard InChI is InChI=1S/C13H18N2O2S/c1-18-10-4-3-9(7-10)15-12-6-8(14)2-5-11(12)13(16)17/h2,5-6,9-10,15H,3-4,7,14H2,1H3,(H,16,17). The number of anilines is 2. The predicted molar refractivity (Wildman–Crippen MR) is 76.4 cm³/mol. The largest absolute Gasteiger partial charge is 0.478 e. The van der Waals surface area contributed by atoms with Crippen LogP contribution in [0.3, 0.4) is 0 Å². The summed E-state index contributed by atoms with van der Waals surface area (Å²) in [4.78, 5) is 11.1. The van der Waals surface area contributed by atoms with Crippen LogP contribution in [0.5, 0.6) is 0 Å². The molecule has 4 nitrogen and oxygen atoms in total. The molecule has 1 aliphatic carbocycles. The summed E-state index contributed by atoms with van der Waals surface area (Å²) in [7, 11) is 0. The number of nitrogens with one attached hydrogen (secondary N) is 1. The van der Waals surface area contributed by atoms with Crippen LogP contribution in [-0.2, 0) is 0 Å². The zero-order chi connectivity index (χ0) is 13.1. The molecule has 1 fully saturated rings. The fourth-order valence-corrected chi connectivity index (χ4v) is 3.17. The smallest absolute Gasteiger partial charge is 0.337 e. The number of aromatic carboxylic acids is 1. The van der Waals surface area contributed by atoms with Crippen LogP contribution in [-0.4, -0.2) is 28.6 Å². The third-order valence-electron chi connectivity index (χ3n) is 3.35. The monoisotopic (exact) mass is 266 g/mol. The van der Waals surface area contributed by atoms with Crippen LogP contribution in [0.4, 0.5) is 11.4 Å². The van der Waals surface area contributed by atoms with Crippen molar-refractivity contribution in [3.63, 3.8) is 0 Å². The molecule has 1 aromatic rings. The SMILES string of the molecule is CSC1CCC(Nc2cc(N)ccc2C(=O)O)C1. The number of rotatable bonds is 4. The van der Waals surface area contributed by atoms with Crippen molar-refractivity contribution in [1.82, 2.24) is 0 Å². The average Bonchev–Trinajstić information content (AvgIpc) is 2.76. The van der Waals surface area contributed by atoms with Crippen LogP contribution in [0.25, 0.3) is 0 Å². The lowest BCUT2D eigenvalue weighted by Crippen LogP contribution is -2.18. The minimum atomic E-state index is -0.920. The van der Waals surface area contributed by atoms with Crippen molar-refractivity contribution in [1.29, 1.82) is 0 Å². The van der Waals surface area contributed by atoms with Gasteiger partial charge in [0.25, 0.3) is 0 Å². The van der Waals surface area contributed by atoms with E-state index < -0.39 is 5.97 Å². The van der Waals surface area contributed by atoms with E-state index in [1.807, 2.05) is 11.8 Å². The molecule has 0 aromatic heterocycles. The molecule has 0 aliphatic heterocycles. The van der Waals surface area contributed by atoms with Gasteiger partial charge in [0, 0.05) is 17.0 Å². The second-order valence-electron chi connectivity index (χ2n) is 4.62. The maximum Gasteiger partial charge on any atom is 0.337 e. The first-order valence-electron chi connectivity index (χ1n) is 6.02. The van der Waals surface area contributed by atoms with E-state index in [4.69, 9.17) is 10.8 Å². The lowest BCUT2D eigenvalue weighted by molar-refractivity contribution is 0.0698. The molecule has 1 saturated carbocycles. The Kier molecular flexibility index (Phi) is 4.01. The van der Waals surface area contributed by atoms with Gasteiger partial charge in [0.05, 0.1) is 11.3 Å². The normalized spacial score (nSPS) is 22.9. The summed E-state index contributed by atoms with van der Waals surface area (Å²) >= 11 is 1.88. The molecular formula is C13H18N2O2S. The van der Waals surface area contributed by atoms with Gasteiger partial charge >= 0.3 is 5.97 Å². The average molecular weight is 266 g/mol. The molecule has 4 N–H and O–H groups in total. The molecule has 98 valence electrons. The van der Waals surface area contributed by atoms with Crippen molar-refractivity contribution >= 4 is 29.1 Å². The Bertz CT molecular complexity index is 451. The van der Waals surface area contributed by atoms with Crippen LogP contribution >= 0.6 is 11.8 Å². The fourth-order valence-electron chi connectivity index (χ4n) is 2.37. The maximum atomic E-state index is 11.1. The summed E-state index contributed by atoms with van der Waals surface area (Å²) in [5, 5.41) is 13.1. The zero-order valence-electron chi connectivity index (χ0n) is 10.3. The van der Waals surface area contributed by atoms with Gasteiger partial charge in [0.2, 0.25) is 0 Å². The molecule has 0 radical (unpaired) electrons. The number of carbonyl (C=O) groups is 1. The van der Waals surface area contributed by atoms with E-state index in [1.54, 1.807) is 18.2 Å². The minimum Gasteiger partial charge on any atom is -0.478 e. The van der Waals surface area contributed by atoms with Gasteiger partial charge in [-0.25, -0.2) is 4.79 Å². The van der Waals surface area contributed by atoms with Crippen LogP contribution in [0.1, 0.15) is 29.6 Å². The highest BCUT2D eigenvalue weighted by atomic mass is 32.2. The molecule has 0 saturated heterocycles. The number of nitrogens with two attached hydrogens (primary N) is 1. The lowest BCUT2D eigenvalue weighted by atomic mass is 10.1. The second kappa shape index (κ2) is 5.52. The van der Waals surface area contributed by atoms with E-state index in [9.17, 15) is 4.79 Å². The summed E-state index contributed by atoms with van der Waals surface area (Å²) in [6.45, 7) is 0. The maximum absolute atomic E-state index is 11.1. The molecule has 1 aromatic carbocycles. The first kappa shape index (κ1) is 13.1. The van der Waals surface area contributed by atoms with Crippen LogP contribution in [0.15, 0.2) is 18.2 Å². The number of benzene rings is 1. The molecule has 5 heteroatoms. The lowest BCUT2D eigenvalue weighted by Gasteiger charge is -2.16. The molecule has 0 amide bonds. The van der Waals surface area contributed by atoms with E-state index in [0.717, 1.165) is 12.8 Å². The van der Waals surface area contributed by atoms with Crippen molar-refractivity contribution in [3.05, 3.63) is 23.8 Å². The van der Waals surface area contributed by atoms with Gasteiger partial charge in [-0.05, 0) is 43.7 Å². The van der Waals surface area contributed by atoms with E-state index >= 15 is 0 Å². The van der Waals surface area contributed by atoms with Gasteiger partial charge in [-0.2, -0.15) is 11.8 Å². The minimum absolute atomic E-state index is 0.289. The molecule has 0 bridgehead atoms. The molecular weight excluding hydrogens is 248 g/mol. The third-order valence-corrected chi connectivity index (χ3v) is 4.45. The van der Waals surface area contributed by atoms with Gasteiger partial charge < -0.3 is 16.2 Å². The molecule has 0 spiro atoms. The number of nitrogen functional groups attached to an aromatic ring is 1. The highest BCUT2D eigenvalue weighted by Crippen LogP contribution is 2.31. The summed E-state index contributed by atoms with van der Waals surface area (Å²) < 4.78 is 0. The van der Waals surface area contributed by atoms with Gasteiger partial charge in [0.15, 0.2) is 0 Å². The number of hydrogen-bond acceptors (Lipinski definition) is 4. The Balaban J connectivity index is 2.13. The molecule has 0 heterocycles. The molecule has 2 rings (SSSR count). The van der Waals surface area contributed by atoms with Crippen molar-refractivity contribution in [2.24, 2.45) is 0 Å². The highest BCUT2D eigenvalue weighted by molar-refractivity contribution is 7.99. The highest BCUT2D eigenvalue weighted by Gasteiger charge is 2.24. The van der Waals surface area contributed by atoms with Crippen LogP contribution in [0.2, 0.25) is 0 Å². The Morgan fingerprint density at radius 2 is 2.28 bits per heavy atom. The first-order chi connectivity index (χ1) is 8.60. The van der Waals surface area contributed by atoms with Gasteiger partial charge in [-0.3, -0.25) is 0 Å². The summed E-state index contributed by atoms with van der Waals surface area (Å²) in [5.74, 6) is -0.920. The van der Waals surface area contributed by atoms with Crippen molar-refractivity contribution < 1.29 is 9.90 Å². The van der Waals surface area contributed by atoms with Crippen LogP contribution < -0.4 is 11.1 Å². The number of carboxylic acid groups (broad SMARTS) is 1. The number of hydrogen-bond donors (Lipinski definition) is 3. The fraction of sp³-hybridized carbons (Fsp3) is 0.462. The van der Waals surface area contributed by atoms with Crippen molar-refractivity contribution in [3.8, 4) is 0 Å². The number of thioether (sulfide) groups is 1. The molecule has 18 heavy (non-hydrogen) atoms. The van der Waals surface area contributed by atoms with E-state index in [2.05, 4.69) is 11.6 Å². The molecule has 1 aliphatic rings. The molecule has 2 atom stereocenters. The summed E-state index contributed by atoms with van der Waals surface area (Å²) in [6, 6.07) is 5.23. The molecule has 2 unspecified atom stereocenters. The van der Waals surface area contributed by atoms with Gasteiger partial charge in [-0.15, -0.1) is 0 Å². The second-order valence-corrected chi connectivity index (χ2v) is 5.76. The van der Waals surface area contributed by atoms with Crippen LogP contribution in [0, 0.1) is 0 Å². The Labute approximate surface area is 111 Å². The van der Waals surface area contributed by atoms with Gasteiger partial charge in [-0.1, -0.05) is 0 Å². The van der Waals surface area contributed by atoms with E-state index in [0.29, 0.717) is 22.7 Å². The van der Waals surface area contributed by atoms with E-state index in [-0.39, 0.29) is 5.56 Å². The Hall–Kier alpha value is -1.36. The topological polar surface area (TPSA) is 75.3 Å². The first-order valence-corrected chi connectivity index (χ1v) is 7.31. The predicted octanol–water partition coefficient (Wildman–Crippen LogP) is 2.66. The van der Waals surface area contributed by atoms with Crippen molar-refractivity contribution in [2.45, 2.75) is 30.6 Å². The third kappa shape index (κ3) is 2.90. The van der Waals surface area contributed by atoms with E-state index in [1.165, 1.54) is 6.42 Å². The zero-order valence-corrected chi connectivity index (χ0v) is 11.2. The quantitative estimate of drug-likeness (QED) is 0.730. The summed E-state index contributed by atoms with van der Waals surface area (Å²) in [5.41, 5.74) is 7.23. The Morgan fingerprint density at radius 1 is 1.50 bits per heavy atom. The van der Waals surface area contributed by atoms with Crippen molar-refractivity contribution in [2.75, 3.05) is 17.3 Å². The summed E-state index contributed by atoms with van der Waals surface area (Å²) in [6.07, 6.45) is 5.47.